The van der Waals surface area contributed by atoms with Gasteiger partial charge in [0.25, 0.3) is 0 Å². The quantitative estimate of drug-likeness (QED) is 0.799. The molecule has 0 aromatic heterocycles. The van der Waals surface area contributed by atoms with Gasteiger partial charge in [-0.15, -0.1) is 0 Å². The number of rotatable bonds is 6. The van der Waals surface area contributed by atoms with Crippen LogP contribution in [0.2, 0.25) is 0 Å². The molecule has 0 aliphatic heterocycles. The van der Waals surface area contributed by atoms with Gasteiger partial charge in [-0.2, -0.15) is 0 Å². The second-order valence-electron chi connectivity index (χ2n) is 4.62. The minimum Gasteiger partial charge on any atom is -0.369 e. The van der Waals surface area contributed by atoms with E-state index in [-0.39, 0.29) is 18.2 Å². The smallest absolute Gasteiger partial charge is 0.220 e. The fraction of sp³-hybridized carbons (Fsp3) is 0.429. The molecule has 98 valence electrons. The molecule has 1 aromatic carbocycles. The lowest BCUT2D eigenvalue weighted by Crippen LogP contribution is -2.32. The Hall–Kier alpha value is -1.84. The summed E-state index contributed by atoms with van der Waals surface area (Å²) in [5.74, 6) is -0.749. The summed E-state index contributed by atoms with van der Waals surface area (Å²) in [6.07, 6.45) is 0.150. The summed E-state index contributed by atoms with van der Waals surface area (Å²) in [7, 11) is 0. The fourth-order valence-corrected chi connectivity index (χ4v) is 1.62. The van der Waals surface area contributed by atoms with Crippen LogP contribution in [0.15, 0.2) is 30.3 Å². The molecule has 2 unspecified atom stereocenters. The molecule has 0 aliphatic carbocycles. The van der Waals surface area contributed by atoms with Crippen molar-refractivity contribution in [3.8, 4) is 0 Å². The van der Waals surface area contributed by atoms with Crippen LogP contribution in [-0.2, 0) is 9.59 Å². The molecule has 0 spiro atoms. The maximum absolute atomic E-state index is 11.6. The first-order valence-corrected chi connectivity index (χ1v) is 6.11. The summed E-state index contributed by atoms with van der Waals surface area (Å²) in [5, 5.41) is 2.82. The number of amides is 2. The molecule has 0 radical (unpaired) electrons. The highest BCUT2D eigenvalue weighted by atomic mass is 16.2. The number of nitrogens with one attached hydrogen (secondary N) is 1. The topological polar surface area (TPSA) is 72.2 Å². The van der Waals surface area contributed by atoms with Gasteiger partial charge < -0.3 is 11.1 Å². The Morgan fingerprint density at radius 2 is 1.83 bits per heavy atom. The van der Waals surface area contributed by atoms with Gasteiger partial charge in [0.15, 0.2) is 0 Å². The third kappa shape index (κ3) is 4.57. The lowest BCUT2D eigenvalue weighted by Gasteiger charge is -2.14. The van der Waals surface area contributed by atoms with Crippen molar-refractivity contribution in [2.75, 3.05) is 6.54 Å². The Labute approximate surface area is 108 Å². The van der Waals surface area contributed by atoms with Crippen LogP contribution in [0, 0.1) is 5.92 Å². The number of primary amides is 1. The molecule has 0 bridgehead atoms. The number of carbonyl (C=O) groups is 2. The van der Waals surface area contributed by atoms with Gasteiger partial charge >= 0.3 is 0 Å². The second kappa shape index (κ2) is 6.79. The predicted molar refractivity (Wildman–Crippen MR) is 70.8 cm³/mol. The molecular formula is C14H20N2O2. The Kier molecular flexibility index (Phi) is 5.36. The molecule has 0 fully saturated rings. The molecule has 0 saturated carbocycles. The van der Waals surface area contributed by atoms with E-state index in [1.165, 1.54) is 5.56 Å². The molecule has 4 nitrogen and oxygen atoms in total. The molecule has 1 rings (SSSR count). The van der Waals surface area contributed by atoms with Gasteiger partial charge in [-0.05, 0) is 11.5 Å². The molecule has 4 heteroatoms. The summed E-state index contributed by atoms with van der Waals surface area (Å²) >= 11 is 0. The highest BCUT2D eigenvalue weighted by Gasteiger charge is 2.14. The summed E-state index contributed by atoms with van der Waals surface area (Å²) in [6, 6.07) is 9.97. The Morgan fingerprint density at radius 1 is 1.22 bits per heavy atom. The Balaban J connectivity index is 2.37. The SMILES string of the molecule is CC(CC(=O)NCC(C)c1ccccc1)C(N)=O. The third-order valence-electron chi connectivity index (χ3n) is 2.95. The summed E-state index contributed by atoms with van der Waals surface area (Å²) in [6.45, 7) is 4.27. The van der Waals surface area contributed by atoms with Crippen molar-refractivity contribution in [3.63, 3.8) is 0 Å². The zero-order chi connectivity index (χ0) is 13.5. The molecule has 3 N–H and O–H groups in total. The average Bonchev–Trinajstić information content (AvgIpc) is 2.36. The van der Waals surface area contributed by atoms with E-state index in [4.69, 9.17) is 5.73 Å². The van der Waals surface area contributed by atoms with E-state index < -0.39 is 11.8 Å². The lowest BCUT2D eigenvalue weighted by atomic mass is 10.0. The van der Waals surface area contributed by atoms with E-state index in [2.05, 4.69) is 5.32 Å². The van der Waals surface area contributed by atoms with Crippen molar-refractivity contribution in [2.24, 2.45) is 11.7 Å². The zero-order valence-corrected chi connectivity index (χ0v) is 10.8. The molecule has 1 aromatic rings. The first-order chi connectivity index (χ1) is 8.50. The van der Waals surface area contributed by atoms with E-state index >= 15 is 0 Å². The lowest BCUT2D eigenvalue weighted by molar-refractivity contribution is -0.127. The van der Waals surface area contributed by atoms with Crippen LogP contribution in [-0.4, -0.2) is 18.4 Å². The first-order valence-electron chi connectivity index (χ1n) is 6.11. The molecule has 0 heterocycles. The van der Waals surface area contributed by atoms with Gasteiger partial charge in [0, 0.05) is 18.9 Å². The number of hydrogen-bond acceptors (Lipinski definition) is 2. The van der Waals surface area contributed by atoms with Crippen molar-refractivity contribution < 1.29 is 9.59 Å². The molecule has 0 saturated heterocycles. The van der Waals surface area contributed by atoms with Crippen LogP contribution in [0.3, 0.4) is 0 Å². The number of carbonyl (C=O) groups excluding carboxylic acids is 2. The second-order valence-corrected chi connectivity index (χ2v) is 4.62. The van der Waals surface area contributed by atoms with E-state index in [9.17, 15) is 9.59 Å². The van der Waals surface area contributed by atoms with Gasteiger partial charge in [-0.25, -0.2) is 0 Å². The highest BCUT2D eigenvalue weighted by molar-refractivity contribution is 5.84. The van der Waals surface area contributed by atoms with Crippen LogP contribution in [0.1, 0.15) is 31.7 Å². The van der Waals surface area contributed by atoms with E-state index in [0.717, 1.165) is 0 Å². The van der Waals surface area contributed by atoms with Crippen molar-refractivity contribution >= 4 is 11.8 Å². The summed E-state index contributed by atoms with van der Waals surface area (Å²) in [4.78, 5) is 22.4. The predicted octanol–water partition coefficient (Wildman–Crippen LogP) is 1.42. The Bertz CT molecular complexity index is 404. The molecule has 2 amide bonds. The van der Waals surface area contributed by atoms with Gasteiger partial charge in [0.1, 0.15) is 0 Å². The molecular weight excluding hydrogens is 228 g/mol. The van der Waals surface area contributed by atoms with E-state index in [1.54, 1.807) is 6.92 Å². The third-order valence-corrected chi connectivity index (χ3v) is 2.95. The normalized spacial score (nSPS) is 13.7. The minimum absolute atomic E-state index is 0.135. The molecule has 0 aliphatic rings. The van der Waals surface area contributed by atoms with Crippen LogP contribution in [0.4, 0.5) is 0 Å². The monoisotopic (exact) mass is 248 g/mol. The highest BCUT2D eigenvalue weighted by Crippen LogP contribution is 2.13. The standard InChI is InChI=1S/C14H20N2O2/c1-10(14(15)18)8-13(17)16-9-11(2)12-6-4-3-5-7-12/h3-7,10-11H,8-9H2,1-2H3,(H2,15,18)(H,16,17). The van der Waals surface area contributed by atoms with E-state index in [1.807, 2.05) is 37.3 Å². The van der Waals surface area contributed by atoms with Crippen molar-refractivity contribution in [3.05, 3.63) is 35.9 Å². The van der Waals surface area contributed by atoms with Crippen LogP contribution in [0.5, 0.6) is 0 Å². The van der Waals surface area contributed by atoms with Crippen molar-refractivity contribution in [2.45, 2.75) is 26.2 Å². The molecule has 2 atom stereocenters. The minimum atomic E-state index is -0.443. The van der Waals surface area contributed by atoms with Gasteiger partial charge in [-0.1, -0.05) is 44.2 Å². The number of benzene rings is 1. The zero-order valence-electron chi connectivity index (χ0n) is 10.8. The fourth-order valence-electron chi connectivity index (χ4n) is 1.62. The summed E-state index contributed by atoms with van der Waals surface area (Å²) < 4.78 is 0. The van der Waals surface area contributed by atoms with Gasteiger partial charge in [0.05, 0.1) is 0 Å². The average molecular weight is 248 g/mol. The maximum Gasteiger partial charge on any atom is 0.220 e. The first kappa shape index (κ1) is 14.2. The molecule has 18 heavy (non-hydrogen) atoms. The van der Waals surface area contributed by atoms with Crippen LogP contribution < -0.4 is 11.1 Å². The summed E-state index contributed by atoms with van der Waals surface area (Å²) in [5.41, 5.74) is 6.29. The maximum atomic E-state index is 11.6. The number of nitrogens with two attached hydrogens (primary N) is 1. The van der Waals surface area contributed by atoms with E-state index in [0.29, 0.717) is 6.54 Å². The largest absolute Gasteiger partial charge is 0.369 e. The van der Waals surface area contributed by atoms with Crippen LogP contribution >= 0.6 is 0 Å². The van der Waals surface area contributed by atoms with Crippen molar-refractivity contribution in [1.29, 1.82) is 0 Å². The van der Waals surface area contributed by atoms with Gasteiger partial charge in [-0.3, -0.25) is 9.59 Å². The van der Waals surface area contributed by atoms with Crippen LogP contribution in [0.25, 0.3) is 0 Å². The number of hydrogen-bond donors (Lipinski definition) is 2. The van der Waals surface area contributed by atoms with Crippen molar-refractivity contribution in [1.82, 2.24) is 5.32 Å². The van der Waals surface area contributed by atoms with Gasteiger partial charge in [0.2, 0.25) is 11.8 Å². The Morgan fingerprint density at radius 3 is 2.39 bits per heavy atom.